The van der Waals surface area contributed by atoms with E-state index in [1.165, 1.54) is 19.1 Å². The lowest BCUT2D eigenvalue weighted by Gasteiger charge is -2.02. The molecule has 0 aromatic carbocycles. The van der Waals surface area contributed by atoms with E-state index in [2.05, 4.69) is 0 Å². The van der Waals surface area contributed by atoms with Crippen LogP contribution >= 0.6 is 0 Å². The molecule has 2 nitrogen and oxygen atoms in total. The molecule has 1 rings (SSSR count). The molecule has 1 aromatic rings. The molecule has 0 aliphatic rings. The molecule has 0 aliphatic carbocycles. The van der Waals surface area contributed by atoms with Gasteiger partial charge < -0.3 is 5.21 Å². The fraction of sp³-hybridized carbons (Fsp3) is 0.286. The summed E-state index contributed by atoms with van der Waals surface area (Å²) in [6.07, 6.45) is 0. The van der Waals surface area contributed by atoms with E-state index >= 15 is 0 Å². The standard InChI is InChI=1S/C7H8FNO/c1-5-3-4-7(8)6(2)9(5)10/h3-4H,1-2H3. The Morgan fingerprint density at radius 1 is 1.40 bits per heavy atom. The lowest BCUT2D eigenvalue weighted by molar-refractivity contribution is -0.620. The summed E-state index contributed by atoms with van der Waals surface area (Å²) in [6.45, 7) is 3.09. The minimum Gasteiger partial charge on any atom is -0.618 e. The van der Waals surface area contributed by atoms with Gasteiger partial charge >= 0.3 is 0 Å². The van der Waals surface area contributed by atoms with Crippen molar-refractivity contribution in [1.29, 1.82) is 0 Å². The van der Waals surface area contributed by atoms with Crippen molar-refractivity contribution in [3.8, 4) is 0 Å². The zero-order chi connectivity index (χ0) is 7.72. The summed E-state index contributed by atoms with van der Waals surface area (Å²) in [5, 5.41) is 10.9. The maximum Gasteiger partial charge on any atom is 0.225 e. The van der Waals surface area contributed by atoms with Gasteiger partial charge in [-0.25, -0.2) is 4.39 Å². The molecule has 0 spiro atoms. The van der Waals surface area contributed by atoms with Crippen LogP contribution in [0, 0.1) is 24.9 Å². The van der Waals surface area contributed by atoms with Crippen LogP contribution in [0.25, 0.3) is 0 Å². The summed E-state index contributed by atoms with van der Waals surface area (Å²) in [5.74, 6) is -0.458. The summed E-state index contributed by atoms with van der Waals surface area (Å²) in [4.78, 5) is 0. The van der Waals surface area contributed by atoms with E-state index in [0.717, 1.165) is 0 Å². The maximum absolute atomic E-state index is 12.5. The monoisotopic (exact) mass is 141 g/mol. The smallest absolute Gasteiger partial charge is 0.225 e. The molecule has 0 radical (unpaired) electrons. The third-order valence-corrected chi connectivity index (χ3v) is 1.44. The Bertz CT molecular complexity index is 233. The predicted octanol–water partition coefficient (Wildman–Crippen LogP) is 1.08. The zero-order valence-electron chi connectivity index (χ0n) is 5.89. The average Bonchev–Trinajstić information content (AvgIpc) is 1.93. The molecule has 0 unspecified atom stereocenters. The van der Waals surface area contributed by atoms with Gasteiger partial charge in [0.2, 0.25) is 5.69 Å². The molecule has 0 aliphatic heterocycles. The Hall–Kier alpha value is -1.12. The number of hydrogen-bond donors (Lipinski definition) is 0. The van der Waals surface area contributed by atoms with Crippen LogP contribution in [-0.2, 0) is 0 Å². The van der Waals surface area contributed by atoms with Crippen molar-refractivity contribution in [2.45, 2.75) is 13.8 Å². The normalized spacial score (nSPS) is 9.90. The highest BCUT2D eigenvalue weighted by molar-refractivity contribution is 5.04. The molecule has 1 aromatic heterocycles. The van der Waals surface area contributed by atoms with Crippen LogP contribution in [0.2, 0.25) is 0 Å². The first kappa shape index (κ1) is 6.99. The highest BCUT2D eigenvalue weighted by Crippen LogP contribution is 2.00. The topological polar surface area (TPSA) is 26.9 Å². The molecule has 0 fully saturated rings. The first-order chi connectivity index (χ1) is 4.63. The van der Waals surface area contributed by atoms with Crippen molar-refractivity contribution in [2.75, 3.05) is 0 Å². The summed E-state index contributed by atoms with van der Waals surface area (Å²) in [7, 11) is 0. The molecule has 54 valence electrons. The first-order valence-corrected chi connectivity index (χ1v) is 2.98. The van der Waals surface area contributed by atoms with Crippen molar-refractivity contribution in [2.24, 2.45) is 0 Å². The Labute approximate surface area is 58.5 Å². The minimum absolute atomic E-state index is 0.125. The zero-order valence-corrected chi connectivity index (χ0v) is 5.89. The molecular weight excluding hydrogens is 133 g/mol. The molecule has 0 amide bonds. The van der Waals surface area contributed by atoms with Crippen LogP contribution in [0.4, 0.5) is 4.39 Å². The number of nitrogens with zero attached hydrogens (tertiary/aromatic N) is 1. The third kappa shape index (κ3) is 0.943. The van der Waals surface area contributed by atoms with Gasteiger partial charge in [-0.2, -0.15) is 4.73 Å². The molecule has 0 saturated heterocycles. The van der Waals surface area contributed by atoms with Crippen molar-refractivity contribution in [3.05, 3.63) is 34.5 Å². The predicted molar refractivity (Wildman–Crippen MR) is 34.8 cm³/mol. The quantitative estimate of drug-likeness (QED) is 0.392. The van der Waals surface area contributed by atoms with Crippen molar-refractivity contribution < 1.29 is 9.12 Å². The van der Waals surface area contributed by atoms with E-state index in [1.807, 2.05) is 0 Å². The van der Waals surface area contributed by atoms with Crippen molar-refractivity contribution in [3.63, 3.8) is 0 Å². The SMILES string of the molecule is Cc1ccc(F)c(C)[n+]1[O-]. The van der Waals surface area contributed by atoms with E-state index in [4.69, 9.17) is 0 Å². The Morgan fingerprint density at radius 3 is 2.50 bits per heavy atom. The van der Waals surface area contributed by atoms with E-state index in [1.54, 1.807) is 6.92 Å². The third-order valence-electron chi connectivity index (χ3n) is 1.44. The Kier molecular flexibility index (Phi) is 1.57. The lowest BCUT2D eigenvalue weighted by atomic mass is 10.3. The second-order valence-corrected chi connectivity index (χ2v) is 2.20. The maximum atomic E-state index is 12.5. The lowest BCUT2D eigenvalue weighted by Crippen LogP contribution is -2.34. The van der Waals surface area contributed by atoms with Crippen LogP contribution < -0.4 is 4.73 Å². The van der Waals surface area contributed by atoms with Gasteiger partial charge in [-0.15, -0.1) is 0 Å². The first-order valence-electron chi connectivity index (χ1n) is 2.98. The number of pyridine rings is 1. The summed E-state index contributed by atoms with van der Waals surface area (Å²) in [5.41, 5.74) is 0.638. The summed E-state index contributed by atoms with van der Waals surface area (Å²) >= 11 is 0. The van der Waals surface area contributed by atoms with E-state index in [-0.39, 0.29) is 5.69 Å². The van der Waals surface area contributed by atoms with Crippen LogP contribution in [0.15, 0.2) is 12.1 Å². The molecule has 0 N–H and O–H groups in total. The Balaban J connectivity index is 3.34. The fourth-order valence-electron chi connectivity index (χ4n) is 0.744. The molecule has 10 heavy (non-hydrogen) atoms. The summed E-state index contributed by atoms with van der Waals surface area (Å²) < 4.78 is 13.1. The Morgan fingerprint density at radius 2 is 2.00 bits per heavy atom. The molecular formula is C7H8FNO. The molecule has 1 heterocycles. The minimum atomic E-state index is -0.458. The molecule has 3 heteroatoms. The van der Waals surface area contributed by atoms with Crippen molar-refractivity contribution in [1.82, 2.24) is 0 Å². The van der Waals surface area contributed by atoms with Gasteiger partial charge in [0.1, 0.15) is 0 Å². The van der Waals surface area contributed by atoms with Gasteiger partial charge in [0.25, 0.3) is 0 Å². The average molecular weight is 141 g/mol. The second-order valence-electron chi connectivity index (χ2n) is 2.20. The molecule has 0 bridgehead atoms. The van der Waals surface area contributed by atoms with Gasteiger partial charge in [-0.05, 0) is 6.07 Å². The highest BCUT2D eigenvalue weighted by Gasteiger charge is 2.07. The van der Waals surface area contributed by atoms with Crippen LogP contribution in [0.5, 0.6) is 0 Å². The van der Waals surface area contributed by atoms with Crippen LogP contribution in [-0.4, -0.2) is 0 Å². The molecule has 0 atom stereocenters. The van der Waals surface area contributed by atoms with Crippen LogP contribution in [0.3, 0.4) is 0 Å². The number of hydrogen-bond acceptors (Lipinski definition) is 1. The summed E-state index contributed by atoms with van der Waals surface area (Å²) in [6, 6.07) is 2.74. The number of aromatic nitrogens is 1. The van der Waals surface area contributed by atoms with Gasteiger partial charge in [-0.3, -0.25) is 0 Å². The van der Waals surface area contributed by atoms with Gasteiger partial charge in [0.05, 0.1) is 0 Å². The van der Waals surface area contributed by atoms with E-state index in [0.29, 0.717) is 10.4 Å². The highest BCUT2D eigenvalue weighted by atomic mass is 19.1. The number of halogens is 1. The number of aryl methyl sites for hydroxylation is 1. The van der Waals surface area contributed by atoms with Gasteiger partial charge in [0, 0.05) is 19.9 Å². The molecule has 0 saturated carbocycles. The second kappa shape index (κ2) is 2.25. The van der Waals surface area contributed by atoms with Gasteiger partial charge in [0.15, 0.2) is 11.5 Å². The van der Waals surface area contributed by atoms with Gasteiger partial charge in [-0.1, -0.05) is 0 Å². The largest absolute Gasteiger partial charge is 0.618 e. The van der Waals surface area contributed by atoms with Crippen LogP contribution in [0.1, 0.15) is 11.4 Å². The number of rotatable bonds is 0. The fourth-order valence-corrected chi connectivity index (χ4v) is 0.744. The van der Waals surface area contributed by atoms with Crippen molar-refractivity contribution >= 4 is 0 Å². The van der Waals surface area contributed by atoms with E-state index < -0.39 is 5.82 Å². The van der Waals surface area contributed by atoms with E-state index in [9.17, 15) is 9.60 Å².